The lowest BCUT2D eigenvalue weighted by molar-refractivity contribution is 1.35. The van der Waals surface area contributed by atoms with Gasteiger partial charge in [-0.3, -0.25) is 0 Å². The number of azide groups is 1. The van der Waals surface area contributed by atoms with Crippen molar-refractivity contribution in [2.75, 3.05) is 0 Å². The van der Waals surface area contributed by atoms with Crippen LogP contribution < -0.4 is 0 Å². The predicted octanol–water partition coefficient (Wildman–Crippen LogP) is 5.12. The van der Waals surface area contributed by atoms with Crippen LogP contribution in [0.15, 0.2) is 20.1 Å². The Balaban J connectivity index is 3.52. The maximum atomic E-state index is 8.31. The van der Waals surface area contributed by atoms with Crippen LogP contribution in [-0.4, -0.2) is 0 Å². The third-order valence-electron chi connectivity index (χ3n) is 1.52. The highest BCUT2D eigenvalue weighted by Crippen LogP contribution is 2.39. The standard InChI is InChI=1S/C7H4Br2ClN3/c1-3-5(10)2-4(8)7(6(3)9)12-13-11/h2H,1H3. The summed E-state index contributed by atoms with van der Waals surface area (Å²) < 4.78 is 1.39. The van der Waals surface area contributed by atoms with Crippen molar-refractivity contribution in [1.29, 1.82) is 0 Å². The Morgan fingerprint density at radius 3 is 2.69 bits per heavy atom. The van der Waals surface area contributed by atoms with Crippen LogP contribution in [0.4, 0.5) is 5.69 Å². The Hall–Kier alpha value is -0.220. The van der Waals surface area contributed by atoms with Gasteiger partial charge in [0, 0.05) is 18.9 Å². The van der Waals surface area contributed by atoms with Gasteiger partial charge < -0.3 is 0 Å². The molecular weight excluding hydrogens is 321 g/mol. The minimum Gasteiger partial charge on any atom is -0.0840 e. The molecule has 0 heterocycles. The normalized spacial score (nSPS) is 9.54. The van der Waals surface area contributed by atoms with E-state index in [1.165, 1.54) is 0 Å². The van der Waals surface area contributed by atoms with Crippen molar-refractivity contribution < 1.29 is 0 Å². The van der Waals surface area contributed by atoms with Crippen LogP contribution in [0.1, 0.15) is 5.56 Å². The largest absolute Gasteiger partial charge is 0.0840 e. The first-order chi connectivity index (χ1) is 6.07. The lowest BCUT2D eigenvalue weighted by atomic mass is 10.2. The van der Waals surface area contributed by atoms with Crippen molar-refractivity contribution in [3.63, 3.8) is 0 Å². The molecule has 6 heteroatoms. The SMILES string of the molecule is Cc1c(Cl)cc(Br)c(N=[N+]=[N-])c1Br. The van der Waals surface area contributed by atoms with Crippen molar-refractivity contribution in [2.45, 2.75) is 6.92 Å². The second-order valence-electron chi connectivity index (χ2n) is 2.32. The van der Waals surface area contributed by atoms with E-state index in [2.05, 4.69) is 41.9 Å². The van der Waals surface area contributed by atoms with Crippen LogP contribution in [0.2, 0.25) is 5.02 Å². The van der Waals surface area contributed by atoms with E-state index in [9.17, 15) is 0 Å². The van der Waals surface area contributed by atoms with E-state index >= 15 is 0 Å². The van der Waals surface area contributed by atoms with Gasteiger partial charge >= 0.3 is 0 Å². The average molecular weight is 325 g/mol. The first-order valence-electron chi connectivity index (χ1n) is 3.27. The van der Waals surface area contributed by atoms with E-state index in [1.807, 2.05) is 6.92 Å². The Labute approximate surface area is 97.0 Å². The van der Waals surface area contributed by atoms with Crippen LogP contribution >= 0.6 is 43.5 Å². The van der Waals surface area contributed by atoms with E-state index in [1.54, 1.807) is 6.07 Å². The van der Waals surface area contributed by atoms with Gasteiger partial charge in [0.2, 0.25) is 0 Å². The van der Waals surface area contributed by atoms with E-state index < -0.39 is 0 Å². The average Bonchev–Trinajstić information content (AvgIpc) is 2.09. The fourth-order valence-corrected chi connectivity index (χ4v) is 2.54. The molecule has 0 aliphatic heterocycles. The van der Waals surface area contributed by atoms with E-state index in [-0.39, 0.29) is 0 Å². The highest BCUT2D eigenvalue weighted by atomic mass is 79.9. The van der Waals surface area contributed by atoms with Crippen molar-refractivity contribution in [2.24, 2.45) is 5.11 Å². The molecule has 0 spiro atoms. The summed E-state index contributed by atoms with van der Waals surface area (Å²) in [5, 5.41) is 4.16. The Bertz CT molecular complexity index is 399. The molecule has 0 unspecified atom stereocenters. The third-order valence-corrected chi connectivity index (χ3v) is 3.49. The van der Waals surface area contributed by atoms with E-state index in [4.69, 9.17) is 17.1 Å². The molecule has 0 saturated heterocycles. The fraction of sp³-hybridized carbons (Fsp3) is 0.143. The molecule has 0 fully saturated rings. The van der Waals surface area contributed by atoms with Gasteiger partial charge in [-0.25, -0.2) is 0 Å². The van der Waals surface area contributed by atoms with Gasteiger partial charge in [-0.2, -0.15) is 0 Å². The van der Waals surface area contributed by atoms with Crippen molar-refractivity contribution in [1.82, 2.24) is 0 Å². The van der Waals surface area contributed by atoms with Crippen molar-refractivity contribution >= 4 is 49.1 Å². The summed E-state index contributed by atoms with van der Waals surface area (Å²) in [5.74, 6) is 0. The predicted molar refractivity (Wildman–Crippen MR) is 60.4 cm³/mol. The van der Waals surface area contributed by atoms with Crippen LogP contribution in [0.5, 0.6) is 0 Å². The minimum atomic E-state index is 0.518. The summed E-state index contributed by atoms with van der Waals surface area (Å²) in [6.45, 7) is 1.84. The van der Waals surface area contributed by atoms with Crippen LogP contribution in [-0.2, 0) is 0 Å². The summed E-state index contributed by atoms with van der Waals surface area (Å²) in [6.07, 6.45) is 0. The number of nitrogens with zero attached hydrogens (tertiary/aromatic N) is 3. The van der Waals surface area contributed by atoms with Gasteiger partial charge in [-0.15, -0.1) is 0 Å². The van der Waals surface area contributed by atoms with Gasteiger partial charge in [0.05, 0.1) is 5.69 Å². The quantitative estimate of drug-likeness (QED) is 0.391. The van der Waals surface area contributed by atoms with Crippen LogP contribution in [0.25, 0.3) is 10.4 Å². The molecule has 0 radical (unpaired) electrons. The molecule has 3 nitrogen and oxygen atoms in total. The molecule has 1 rings (SSSR count). The highest BCUT2D eigenvalue weighted by molar-refractivity contribution is 9.11. The van der Waals surface area contributed by atoms with Gasteiger partial charge in [0.15, 0.2) is 0 Å². The molecule has 0 N–H and O–H groups in total. The fourth-order valence-electron chi connectivity index (χ4n) is 0.812. The molecule has 0 aliphatic rings. The molecular formula is C7H4Br2ClN3. The summed E-state index contributed by atoms with van der Waals surface area (Å²) >= 11 is 12.5. The monoisotopic (exact) mass is 323 g/mol. The number of hydrogen-bond donors (Lipinski definition) is 0. The Kier molecular flexibility index (Phi) is 3.62. The number of hydrogen-bond acceptors (Lipinski definition) is 1. The summed E-state index contributed by atoms with van der Waals surface area (Å²) in [4.78, 5) is 2.72. The molecule has 0 aromatic heterocycles. The maximum Gasteiger partial charge on any atom is 0.0663 e. The molecule has 0 bridgehead atoms. The maximum absolute atomic E-state index is 8.31. The third kappa shape index (κ3) is 2.17. The lowest BCUT2D eigenvalue weighted by Crippen LogP contribution is -1.80. The molecule has 0 aliphatic carbocycles. The molecule has 0 saturated carbocycles. The van der Waals surface area contributed by atoms with Gasteiger partial charge in [-0.1, -0.05) is 32.6 Å². The zero-order valence-corrected chi connectivity index (χ0v) is 10.5. The smallest absolute Gasteiger partial charge is 0.0663 e. The Morgan fingerprint density at radius 1 is 1.54 bits per heavy atom. The second-order valence-corrected chi connectivity index (χ2v) is 4.37. The summed E-state index contributed by atoms with van der Waals surface area (Å²) in [7, 11) is 0. The Morgan fingerprint density at radius 2 is 2.15 bits per heavy atom. The summed E-state index contributed by atoms with van der Waals surface area (Å²) in [5.41, 5.74) is 9.68. The number of benzene rings is 1. The molecule has 0 atom stereocenters. The number of rotatable bonds is 1. The topological polar surface area (TPSA) is 48.8 Å². The highest BCUT2D eigenvalue weighted by Gasteiger charge is 2.09. The zero-order chi connectivity index (χ0) is 10.0. The van der Waals surface area contributed by atoms with Crippen LogP contribution in [0.3, 0.4) is 0 Å². The van der Waals surface area contributed by atoms with Gasteiger partial charge in [-0.05, 0) is 40.0 Å². The number of halogens is 3. The van der Waals surface area contributed by atoms with Crippen molar-refractivity contribution in [3.8, 4) is 0 Å². The first-order valence-corrected chi connectivity index (χ1v) is 5.23. The van der Waals surface area contributed by atoms with Gasteiger partial charge in [0.1, 0.15) is 0 Å². The van der Waals surface area contributed by atoms with Crippen molar-refractivity contribution in [3.05, 3.63) is 36.0 Å². The van der Waals surface area contributed by atoms with E-state index in [0.717, 1.165) is 5.56 Å². The van der Waals surface area contributed by atoms with Gasteiger partial charge in [0.25, 0.3) is 0 Å². The molecule has 13 heavy (non-hydrogen) atoms. The zero-order valence-electron chi connectivity index (χ0n) is 6.55. The lowest BCUT2D eigenvalue weighted by Gasteiger charge is -2.06. The molecule has 1 aromatic rings. The first kappa shape index (κ1) is 10.9. The van der Waals surface area contributed by atoms with E-state index in [0.29, 0.717) is 19.7 Å². The minimum absolute atomic E-state index is 0.518. The molecule has 1 aromatic carbocycles. The molecule has 68 valence electrons. The second kappa shape index (κ2) is 4.33. The van der Waals surface area contributed by atoms with Crippen LogP contribution in [0, 0.1) is 6.92 Å². The summed E-state index contributed by atoms with van der Waals surface area (Å²) in [6, 6.07) is 1.70. The molecule has 0 amide bonds.